The molecule has 7 heteroatoms. The number of hydrogen-bond acceptors (Lipinski definition) is 5. The number of sulfonamides is 1. The highest BCUT2D eigenvalue weighted by molar-refractivity contribution is 7.89. The lowest BCUT2D eigenvalue weighted by molar-refractivity contribution is 0.110. The molecule has 0 aliphatic carbocycles. The zero-order valence-electron chi connectivity index (χ0n) is 13.8. The van der Waals surface area contributed by atoms with E-state index in [2.05, 4.69) is 5.32 Å². The molecule has 1 atom stereocenters. The van der Waals surface area contributed by atoms with Crippen molar-refractivity contribution in [2.75, 3.05) is 40.0 Å². The van der Waals surface area contributed by atoms with Crippen molar-refractivity contribution >= 4 is 10.0 Å². The first kappa shape index (κ1) is 18.2. The number of hydrogen-bond donors (Lipinski definition) is 1. The SMILES string of the molecule is CCOCCOc1ccc(S(=O)(=O)N2CCCC(NC)C2)cc1. The summed E-state index contributed by atoms with van der Waals surface area (Å²) in [4.78, 5) is 0.311. The molecule has 1 heterocycles. The Kier molecular flexibility index (Phi) is 6.83. The molecule has 0 radical (unpaired) electrons. The molecule has 1 fully saturated rings. The molecular formula is C16H26N2O4S. The standard InChI is InChI=1S/C16H26N2O4S/c1-3-21-11-12-22-15-6-8-16(9-7-15)23(19,20)18-10-4-5-14(13-18)17-2/h6-9,14,17H,3-5,10-13H2,1-2H3. The molecular weight excluding hydrogens is 316 g/mol. The second-order valence-corrected chi connectivity index (χ2v) is 7.45. The Labute approximate surface area is 138 Å². The molecule has 0 bridgehead atoms. The molecule has 6 nitrogen and oxygen atoms in total. The number of likely N-dealkylation sites (N-methyl/N-ethyl adjacent to an activating group) is 1. The molecule has 1 aromatic carbocycles. The summed E-state index contributed by atoms with van der Waals surface area (Å²) in [7, 11) is -1.57. The normalized spacial score (nSPS) is 19.7. The first-order valence-electron chi connectivity index (χ1n) is 8.06. The van der Waals surface area contributed by atoms with Gasteiger partial charge in [0.2, 0.25) is 10.0 Å². The highest BCUT2D eigenvalue weighted by Crippen LogP contribution is 2.22. The molecule has 1 aliphatic rings. The molecule has 23 heavy (non-hydrogen) atoms. The monoisotopic (exact) mass is 342 g/mol. The number of rotatable bonds is 8. The minimum Gasteiger partial charge on any atom is -0.491 e. The summed E-state index contributed by atoms with van der Waals surface area (Å²) in [5.41, 5.74) is 0. The Morgan fingerprint density at radius 1 is 1.26 bits per heavy atom. The summed E-state index contributed by atoms with van der Waals surface area (Å²) in [6.07, 6.45) is 1.89. The summed E-state index contributed by atoms with van der Waals surface area (Å²) < 4.78 is 37.7. The van der Waals surface area contributed by atoms with Crippen molar-refractivity contribution in [3.05, 3.63) is 24.3 Å². The van der Waals surface area contributed by atoms with Gasteiger partial charge in [-0.25, -0.2) is 8.42 Å². The highest BCUT2D eigenvalue weighted by Gasteiger charge is 2.29. The maximum absolute atomic E-state index is 12.7. The second-order valence-electron chi connectivity index (χ2n) is 5.51. The summed E-state index contributed by atoms with van der Waals surface area (Å²) in [5.74, 6) is 0.649. The Balaban J connectivity index is 1.99. The molecule has 0 amide bonds. The molecule has 130 valence electrons. The third kappa shape index (κ3) is 4.91. The fourth-order valence-corrected chi connectivity index (χ4v) is 4.14. The van der Waals surface area contributed by atoms with Crippen molar-refractivity contribution < 1.29 is 17.9 Å². The highest BCUT2D eigenvalue weighted by atomic mass is 32.2. The maximum atomic E-state index is 12.7. The molecule has 1 aromatic rings. The van der Waals surface area contributed by atoms with Gasteiger partial charge in [-0.3, -0.25) is 0 Å². The van der Waals surface area contributed by atoms with Crippen LogP contribution in [0.5, 0.6) is 5.75 Å². The van der Waals surface area contributed by atoms with E-state index < -0.39 is 10.0 Å². The van der Waals surface area contributed by atoms with Crippen LogP contribution in [0.1, 0.15) is 19.8 Å². The number of piperidine rings is 1. The van der Waals surface area contributed by atoms with Crippen LogP contribution in [0.4, 0.5) is 0 Å². The van der Waals surface area contributed by atoms with Gasteiger partial charge < -0.3 is 14.8 Å². The predicted octanol–water partition coefficient (Wildman–Crippen LogP) is 1.47. The first-order valence-corrected chi connectivity index (χ1v) is 9.50. The van der Waals surface area contributed by atoms with Crippen LogP contribution in [-0.2, 0) is 14.8 Å². The average Bonchev–Trinajstić information content (AvgIpc) is 2.59. The van der Waals surface area contributed by atoms with Crippen molar-refractivity contribution in [1.82, 2.24) is 9.62 Å². The van der Waals surface area contributed by atoms with Gasteiger partial charge in [0.05, 0.1) is 11.5 Å². The van der Waals surface area contributed by atoms with E-state index in [4.69, 9.17) is 9.47 Å². The van der Waals surface area contributed by atoms with E-state index in [9.17, 15) is 8.42 Å². The van der Waals surface area contributed by atoms with E-state index in [1.54, 1.807) is 28.6 Å². The van der Waals surface area contributed by atoms with E-state index in [1.807, 2.05) is 14.0 Å². The lowest BCUT2D eigenvalue weighted by Crippen LogP contribution is -2.46. The quantitative estimate of drug-likeness (QED) is 0.725. The zero-order chi connectivity index (χ0) is 16.7. The van der Waals surface area contributed by atoms with Gasteiger partial charge in [-0.2, -0.15) is 4.31 Å². The van der Waals surface area contributed by atoms with Gasteiger partial charge in [0.15, 0.2) is 0 Å². The Bertz CT molecular complexity index is 574. The largest absolute Gasteiger partial charge is 0.491 e. The molecule has 1 unspecified atom stereocenters. The van der Waals surface area contributed by atoms with Crippen molar-refractivity contribution in [2.24, 2.45) is 0 Å². The van der Waals surface area contributed by atoms with Crippen LogP contribution < -0.4 is 10.1 Å². The van der Waals surface area contributed by atoms with Crippen molar-refractivity contribution in [3.8, 4) is 5.75 Å². The van der Waals surface area contributed by atoms with Crippen LogP contribution >= 0.6 is 0 Å². The van der Waals surface area contributed by atoms with Crippen LogP contribution in [0.15, 0.2) is 29.2 Å². The fourth-order valence-electron chi connectivity index (χ4n) is 2.62. The maximum Gasteiger partial charge on any atom is 0.243 e. The first-order chi connectivity index (χ1) is 11.1. The van der Waals surface area contributed by atoms with Gasteiger partial charge in [-0.05, 0) is 51.1 Å². The van der Waals surface area contributed by atoms with Gasteiger partial charge in [-0.1, -0.05) is 0 Å². The smallest absolute Gasteiger partial charge is 0.243 e. The van der Waals surface area contributed by atoms with Gasteiger partial charge >= 0.3 is 0 Å². The summed E-state index contributed by atoms with van der Waals surface area (Å²) in [6.45, 7) is 4.66. The lowest BCUT2D eigenvalue weighted by Gasteiger charge is -2.31. The molecule has 2 rings (SSSR count). The lowest BCUT2D eigenvalue weighted by atomic mass is 10.1. The van der Waals surface area contributed by atoms with E-state index in [0.29, 0.717) is 43.6 Å². The van der Waals surface area contributed by atoms with Crippen LogP contribution in [-0.4, -0.2) is 58.7 Å². The van der Waals surface area contributed by atoms with E-state index >= 15 is 0 Å². The summed E-state index contributed by atoms with van der Waals surface area (Å²) in [5, 5.41) is 3.16. The molecule has 0 saturated carbocycles. The Morgan fingerprint density at radius 3 is 2.65 bits per heavy atom. The average molecular weight is 342 g/mol. The third-order valence-electron chi connectivity index (χ3n) is 3.95. The molecule has 0 spiro atoms. The summed E-state index contributed by atoms with van der Waals surface area (Å²) >= 11 is 0. The third-order valence-corrected chi connectivity index (χ3v) is 5.83. The topological polar surface area (TPSA) is 67.9 Å². The number of nitrogens with zero attached hydrogens (tertiary/aromatic N) is 1. The Hall–Kier alpha value is -1.15. The Morgan fingerprint density at radius 2 is 2.00 bits per heavy atom. The number of benzene rings is 1. The summed E-state index contributed by atoms with van der Waals surface area (Å²) in [6, 6.07) is 6.82. The molecule has 0 aromatic heterocycles. The van der Waals surface area contributed by atoms with Crippen molar-refractivity contribution in [3.63, 3.8) is 0 Å². The van der Waals surface area contributed by atoms with E-state index in [0.717, 1.165) is 12.8 Å². The predicted molar refractivity (Wildman–Crippen MR) is 89.3 cm³/mol. The van der Waals surface area contributed by atoms with Crippen LogP contribution in [0, 0.1) is 0 Å². The number of nitrogens with one attached hydrogen (secondary N) is 1. The fraction of sp³-hybridized carbons (Fsp3) is 0.625. The molecule has 1 saturated heterocycles. The van der Waals surface area contributed by atoms with Crippen LogP contribution in [0.3, 0.4) is 0 Å². The number of ether oxygens (including phenoxy) is 2. The van der Waals surface area contributed by atoms with E-state index in [1.165, 1.54) is 0 Å². The zero-order valence-corrected chi connectivity index (χ0v) is 14.6. The van der Waals surface area contributed by atoms with Crippen molar-refractivity contribution in [2.45, 2.75) is 30.7 Å². The van der Waals surface area contributed by atoms with Gasteiger partial charge in [-0.15, -0.1) is 0 Å². The van der Waals surface area contributed by atoms with Crippen LogP contribution in [0.2, 0.25) is 0 Å². The minimum absolute atomic E-state index is 0.222. The second kappa shape index (κ2) is 8.63. The van der Waals surface area contributed by atoms with Gasteiger partial charge in [0.25, 0.3) is 0 Å². The molecule has 1 N–H and O–H groups in total. The van der Waals surface area contributed by atoms with Crippen LogP contribution in [0.25, 0.3) is 0 Å². The van der Waals surface area contributed by atoms with Gasteiger partial charge in [0, 0.05) is 25.7 Å². The van der Waals surface area contributed by atoms with E-state index in [-0.39, 0.29) is 6.04 Å². The van der Waals surface area contributed by atoms with Gasteiger partial charge in [0.1, 0.15) is 12.4 Å². The molecule has 1 aliphatic heterocycles. The van der Waals surface area contributed by atoms with Crippen molar-refractivity contribution in [1.29, 1.82) is 0 Å². The minimum atomic E-state index is -3.44.